The smallest absolute Gasteiger partial charge is 0.152 e. The Morgan fingerprint density at radius 1 is 0.784 bits per heavy atom. The Morgan fingerprint density at radius 3 is 1.73 bits per heavy atom. The quantitative estimate of drug-likeness (QED) is 0.320. The third kappa shape index (κ3) is 4.77. The van der Waals surface area contributed by atoms with E-state index in [0.29, 0.717) is 29.6 Å². The number of imidazole rings is 2. The van der Waals surface area contributed by atoms with E-state index < -0.39 is 5.60 Å². The monoisotopic (exact) mass is 496 g/mol. The SMILES string of the molecule is CC(C)(O)Cn1cnc2c(N)nc3ccccc3c21.CC(C)Cn1cnc2c(N)nc3ccccc3c21. The van der Waals surface area contributed by atoms with Gasteiger partial charge in [-0.3, -0.25) is 0 Å². The number of pyridine rings is 2. The molecule has 0 amide bonds. The molecule has 37 heavy (non-hydrogen) atoms. The molecule has 4 heterocycles. The fraction of sp³-hybridized carbons (Fsp3) is 0.286. The summed E-state index contributed by atoms with van der Waals surface area (Å²) in [7, 11) is 0. The maximum Gasteiger partial charge on any atom is 0.152 e. The van der Waals surface area contributed by atoms with E-state index in [0.717, 1.165) is 44.9 Å². The summed E-state index contributed by atoms with van der Waals surface area (Å²) in [4.78, 5) is 17.5. The molecule has 9 nitrogen and oxygen atoms in total. The van der Waals surface area contributed by atoms with Gasteiger partial charge >= 0.3 is 0 Å². The van der Waals surface area contributed by atoms with Crippen molar-refractivity contribution in [3.8, 4) is 0 Å². The van der Waals surface area contributed by atoms with E-state index in [1.807, 2.05) is 53.4 Å². The van der Waals surface area contributed by atoms with Crippen molar-refractivity contribution in [1.29, 1.82) is 0 Å². The lowest BCUT2D eigenvalue weighted by molar-refractivity contribution is 0.0627. The maximum atomic E-state index is 9.99. The van der Waals surface area contributed by atoms with E-state index in [2.05, 4.69) is 44.4 Å². The molecular formula is C28H32N8O. The number of nitrogens with zero attached hydrogens (tertiary/aromatic N) is 6. The molecule has 2 aromatic carbocycles. The van der Waals surface area contributed by atoms with Gasteiger partial charge in [-0.25, -0.2) is 19.9 Å². The van der Waals surface area contributed by atoms with Crippen molar-refractivity contribution in [2.24, 2.45) is 5.92 Å². The molecule has 6 rings (SSSR count). The van der Waals surface area contributed by atoms with Gasteiger partial charge in [0.25, 0.3) is 0 Å². The fourth-order valence-corrected chi connectivity index (χ4v) is 4.68. The van der Waals surface area contributed by atoms with Crippen LogP contribution >= 0.6 is 0 Å². The molecule has 0 bridgehead atoms. The number of nitrogen functional groups attached to an aromatic ring is 2. The zero-order valence-electron chi connectivity index (χ0n) is 21.6. The van der Waals surface area contributed by atoms with Crippen molar-refractivity contribution >= 4 is 55.5 Å². The Morgan fingerprint density at radius 2 is 1.24 bits per heavy atom. The van der Waals surface area contributed by atoms with Gasteiger partial charge in [-0.2, -0.15) is 0 Å². The fourth-order valence-electron chi connectivity index (χ4n) is 4.68. The van der Waals surface area contributed by atoms with Crippen molar-refractivity contribution in [2.45, 2.75) is 46.4 Å². The largest absolute Gasteiger partial charge is 0.389 e. The normalized spacial score (nSPS) is 12.1. The van der Waals surface area contributed by atoms with Crippen molar-refractivity contribution < 1.29 is 5.11 Å². The Labute approximate surface area is 214 Å². The number of fused-ring (bicyclic) bond motifs is 6. The van der Waals surface area contributed by atoms with Crippen LogP contribution in [0.4, 0.5) is 11.6 Å². The number of rotatable bonds is 4. The molecule has 0 saturated heterocycles. The first-order valence-corrected chi connectivity index (χ1v) is 12.3. The van der Waals surface area contributed by atoms with Crippen molar-refractivity contribution in [1.82, 2.24) is 29.1 Å². The molecule has 0 saturated carbocycles. The zero-order chi connectivity index (χ0) is 26.3. The standard InChI is InChI=1S/C14H16N4O.C14H16N4/c1-14(2,19)7-18-8-16-11-12(18)9-5-3-4-6-10(9)17-13(11)15;1-9(2)7-18-8-16-12-13(18)10-5-3-4-6-11(10)17-14(12)15/h3-6,8,19H,7H2,1-2H3,(H2,15,17);3-6,8-9H,7H2,1-2H3,(H2,15,17). The van der Waals surface area contributed by atoms with Crippen molar-refractivity contribution in [2.75, 3.05) is 11.5 Å². The zero-order valence-corrected chi connectivity index (χ0v) is 21.6. The van der Waals surface area contributed by atoms with E-state index in [-0.39, 0.29) is 0 Å². The summed E-state index contributed by atoms with van der Waals surface area (Å²) in [6.07, 6.45) is 3.56. The first-order chi connectivity index (χ1) is 17.6. The third-order valence-electron chi connectivity index (χ3n) is 6.08. The molecule has 9 heteroatoms. The lowest BCUT2D eigenvalue weighted by Crippen LogP contribution is -2.25. The minimum atomic E-state index is -0.813. The number of aliphatic hydroxyl groups is 1. The van der Waals surface area contributed by atoms with Gasteiger partial charge in [0.15, 0.2) is 11.6 Å². The third-order valence-corrected chi connectivity index (χ3v) is 6.08. The summed E-state index contributed by atoms with van der Waals surface area (Å²) in [5.74, 6) is 1.49. The molecule has 6 aromatic rings. The molecule has 0 fully saturated rings. The van der Waals surface area contributed by atoms with Crippen LogP contribution in [0.5, 0.6) is 0 Å². The predicted molar refractivity (Wildman–Crippen MR) is 150 cm³/mol. The molecular weight excluding hydrogens is 464 g/mol. The van der Waals surface area contributed by atoms with Crippen LogP contribution < -0.4 is 11.5 Å². The van der Waals surface area contributed by atoms with Gasteiger partial charge in [-0.05, 0) is 31.9 Å². The summed E-state index contributed by atoms with van der Waals surface area (Å²) in [5.41, 5.74) is 16.4. The molecule has 0 radical (unpaired) electrons. The molecule has 0 aliphatic heterocycles. The first kappa shape index (κ1) is 24.5. The maximum absolute atomic E-state index is 9.99. The van der Waals surface area contributed by atoms with Crippen LogP contribution in [0.3, 0.4) is 0 Å². The number of hydrogen-bond acceptors (Lipinski definition) is 7. The van der Waals surface area contributed by atoms with Crippen molar-refractivity contribution in [3.05, 3.63) is 61.2 Å². The van der Waals surface area contributed by atoms with Gasteiger partial charge in [0.05, 0.1) is 46.9 Å². The Kier molecular flexibility index (Phi) is 6.16. The lowest BCUT2D eigenvalue weighted by Gasteiger charge is -2.18. The van der Waals surface area contributed by atoms with Crippen LogP contribution in [0.1, 0.15) is 27.7 Å². The molecule has 0 unspecified atom stereocenters. The van der Waals surface area contributed by atoms with E-state index in [1.54, 1.807) is 20.2 Å². The van der Waals surface area contributed by atoms with E-state index in [1.165, 1.54) is 0 Å². The van der Waals surface area contributed by atoms with Crippen LogP contribution in [-0.4, -0.2) is 39.8 Å². The minimum absolute atomic E-state index is 0.420. The summed E-state index contributed by atoms with van der Waals surface area (Å²) in [6, 6.07) is 15.9. The van der Waals surface area contributed by atoms with Crippen molar-refractivity contribution in [3.63, 3.8) is 0 Å². The number of aromatic nitrogens is 6. The number of nitrogens with two attached hydrogens (primary N) is 2. The summed E-state index contributed by atoms with van der Waals surface area (Å²) >= 11 is 0. The van der Waals surface area contributed by atoms with Gasteiger partial charge in [0, 0.05) is 17.3 Å². The van der Waals surface area contributed by atoms with Gasteiger partial charge in [-0.1, -0.05) is 50.2 Å². The highest BCUT2D eigenvalue weighted by atomic mass is 16.3. The average molecular weight is 497 g/mol. The van der Waals surface area contributed by atoms with Crippen LogP contribution in [-0.2, 0) is 13.1 Å². The highest BCUT2D eigenvalue weighted by Gasteiger charge is 2.18. The highest BCUT2D eigenvalue weighted by Crippen LogP contribution is 2.28. The molecule has 0 atom stereocenters. The highest BCUT2D eigenvalue weighted by molar-refractivity contribution is 6.07. The van der Waals surface area contributed by atoms with Gasteiger partial charge < -0.3 is 25.7 Å². The number of hydrogen-bond donors (Lipinski definition) is 3. The number of para-hydroxylation sites is 2. The second kappa shape index (κ2) is 9.33. The Hall–Kier alpha value is -4.24. The molecule has 190 valence electrons. The predicted octanol–water partition coefficient (Wildman–Crippen LogP) is 4.76. The van der Waals surface area contributed by atoms with Crippen LogP contribution in [0.25, 0.3) is 43.9 Å². The molecule has 0 aliphatic rings. The number of benzene rings is 2. The molecule has 0 spiro atoms. The molecule has 4 aromatic heterocycles. The van der Waals surface area contributed by atoms with E-state index >= 15 is 0 Å². The van der Waals surface area contributed by atoms with Gasteiger partial charge in [-0.15, -0.1) is 0 Å². The molecule has 5 N–H and O–H groups in total. The van der Waals surface area contributed by atoms with Gasteiger partial charge in [0.1, 0.15) is 11.0 Å². The van der Waals surface area contributed by atoms with Crippen LogP contribution in [0, 0.1) is 5.92 Å². The Bertz CT molecular complexity index is 1730. The minimum Gasteiger partial charge on any atom is -0.389 e. The second-order valence-electron chi connectivity index (χ2n) is 10.4. The average Bonchev–Trinajstić information content (AvgIpc) is 3.44. The second-order valence-corrected chi connectivity index (χ2v) is 10.4. The number of anilines is 2. The molecule has 0 aliphatic carbocycles. The van der Waals surface area contributed by atoms with E-state index in [9.17, 15) is 5.11 Å². The topological polar surface area (TPSA) is 134 Å². The summed E-state index contributed by atoms with van der Waals surface area (Å²) < 4.78 is 4.09. The summed E-state index contributed by atoms with van der Waals surface area (Å²) in [6.45, 7) is 9.31. The lowest BCUT2D eigenvalue weighted by atomic mass is 10.1. The van der Waals surface area contributed by atoms with Crippen LogP contribution in [0.15, 0.2) is 61.2 Å². The van der Waals surface area contributed by atoms with Gasteiger partial charge in [0.2, 0.25) is 0 Å². The van der Waals surface area contributed by atoms with Crippen LogP contribution in [0.2, 0.25) is 0 Å². The Balaban J connectivity index is 0.000000152. The summed E-state index contributed by atoms with van der Waals surface area (Å²) in [5, 5.41) is 12.1. The first-order valence-electron chi connectivity index (χ1n) is 12.3. The van der Waals surface area contributed by atoms with E-state index in [4.69, 9.17) is 11.5 Å².